The Morgan fingerprint density at radius 2 is 2.10 bits per heavy atom. The molecule has 1 aromatic heterocycles. The Balaban J connectivity index is 1.47. The van der Waals surface area contributed by atoms with Crippen molar-refractivity contribution in [1.82, 2.24) is 15.5 Å². The monoisotopic (exact) mass is 406 g/mol. The maximum absolute atomic E-state index is 10.5. The average molecular weight is 407 g/mol. The summed E-state index contributed by atoms with van der Waals surface area (Å²) in [5, 5.41) is 17.4. The Bertz CT molecular complexity index is 601. The van der Waals surface area contributed by atoms with E-state index in [0.717, 1.165) is 89.8 Å². The molecular weight excluding hydrogens is 368 g/mol. The van der Waals surface area contributed by atoms with Gasteiger partial charge >= 0.3 is 0 Å². The highest BCUT2D eigenvalue weighted by Crippen LogP contribution is 2.36. The van der Waals surface area contributed by atoms with Gasteiger partial charge in [-0.05, 0) is 37.9 Å². The van der Waals surface area contributed by atoms with Gasteiger partial charge in [0.1, 0.15) is 5.76 Å². The smallest absolute Gasteiger partial charge is 0.191 e. The third-order valence-corrected chi connectivity index (χ3v) is 6.17. The van der Waals surface area contributed by atoms with Gasteiger partial charge in [0.25, 0.3) is 0 Å². The summed E-state index contributed by atoms with van der Waals surface area (Å²) in [6.45, 7) is 9.27. The molecule has 7 heteroatoms. The van der Waals surface area contributed by atoms with Crippen LogP contribution in [0.5, 0.6) is 0 Å². The second kappa shape index (κ2) is 11.6. The molecule has 1 saturated heterocycles. The third kappa shape index (κ3) is 7.32. The third-order valence-electron chi connectivity index (χ3n) is 6.17. The predicted molar refractivity (Wildman–Crippen MR) is 115 cm³/mol. The number of rotatable bonds is 9. The maximum Gasteiger partial charge on any atom is 0.191 e. The van der Waals surface area contributed by atoms with Crippen LogP contribution < -0.4 is 10.6 Å². The molecule has 1 aliphatic heterocycles. The molecule has 0 aromatic carbocycles. The molecule has 2 unspecified atom stereocenters. The van der Waals surface area contributed by atoms with E-state index in [2.05, 4.69) is 22.5 Å². The molecule has 0 radical (unpaired) electrons. The van der Waals surface area contributed by atoms with Crippen molar-refractivity contribution in [3.05, 3.63) is 24.2 Å². The maximum atomic E-state index is 10.5. The zero-order chi connectivity index (χ0) is 20.4. The molecule has 2 heterocycles. The number of nitrogens with zero attached hydrogens (tertiary/aromatic N) is 2. The summed E-state index contributed by atoms with van der Waals surface area (Å²) in [5.74, 6) is 1.80. The number of morpholine rings is 1. The number of ether oxygens (including phenoxy) is 1. The second-order valence-electron chi connectivity index (χ2n) is 8.57. The van der Waals surface area contributed by atoms with Gasteiger partial charge in [0.2, 0.25) is 0 Å². The topological polar surface area (TPSA) is 82.3 Å². The summed E-state index contributed by atoms with van der Waals surface area (Å²) in [6.07, 6.45) is 7.56. The van der Waals surface area contributed by atoms with E-state index in [0.29, 0.717) is 6.54 Å². The molecule has 2 fully saturated rings. The number of hydrogen-bond donors (Lipinski definition) is 3. The Hall–Kier alpha value is -1.57. The number of furan rings is 1. The van der Waals surface area contributed by atoms with E-state index in [9.17, 15) is 5.11 Å². The Kier molecular flexibility index (Phi) is 8.83. The fourth-order valence-corrected chi connectivity index (χ4v) is 4.09. The van der Waals surface area contributed by atoms with Gasteiger partial charge in [-0.1, -0.05) is 19.8 Å². The first-order valence-corrected chi connectivity index (χ1v) is 11.2. The van der Waals surface area contributed by atoms with Gasteiger partial charge in [0, 0.05) is 38.0 Å². The summed E-state index contributed by atoms with van der Waals surface area (Å²) in [5.41, 5.74) is -0.123. The van der Waals surface area contributed by atoms with Crippen molar-refractivity contribution >= 4 is 5.96 Å². The van der Waals surface area contributed by atoms with Crippen molar-refractivity contribution < 1.29 is 14.3 Å². The first-order chi connectivity index (χ1) is 14.2. The number of nitrogens with one attached hydrogen (secondary N) is 2. The van der Waals surface area contributed by atoms with E-state index in [4.69, 9.17) is 14.1 Å². The molecule has 0 bridgehead atoms. The van der Waals surface area contributed by atoms with Crippen LogP contribution in [0.2, 0.25) is 0 Å². The molecule has 0 spiro atoms. The van der Waals surface area contributed by atoms with Gasteiger partial charge in [0.15, 0.2) is 5.96 Å². The summed E-state index contributed by atoms with van der Waals surface area (Å²) < 4.78 is 10.8. The highest BCUT2D eigenvalue weighted by molar-refractivity contribution is 5.79. The number of guanidine groups is 1. The molecule has 1 saturated carbocycles. The van der Waals surface area contributed by atoms with Crippen LogP contribution in [0.3, 0.4) is 0 Å². The lowest BCUT2D eigenvalue weighted by Crippen LogP contribution is -2.43. The summed E-state index contributed by atoms with van der Waals surface area (Å²) in [6, 6.07) is 3.91. The van der Waals surface area contributed by atoms with Crippen LogP contribution in [0, 0.1) is 5.41 Å². The molecule has 1 aromatic rings. The largest absolute Gasteiger partial charge is 0.469 e. The molecule has 29 heavy (non-hydrogen) atoms. The lowest BCUT2D eigenvalue weighted by molar-refractivity contribution is 0.00716. The molecule has 3 rings (SSSR count). The van der Waals surface area contributed by atoms with Crippen LogP contribution in [0.4, 0.5) is 0 Å². The van der Waals surface area contributed by atoms with Gasteiger partial charge < -0.3 is 24.9 Å². The van der Waals surface area contributed by atoms with Crippen LogP contribution in [0.15, 0.2) is 27.8 Å². The second-order valence-corrected chi connectivity index (χ2v) is 8.57. The van der Waals surface area contributed by atoms with Crippen molar-refractivity contribution in [1.29, 1.82) is 0 Å². The van der Waals surface area contributed by atoms with Crippen molar-refractivity contribution in [2.75, 3.05) is 52.5 Å². The van der Waals surface area contributed by atoms with E-state index in [1.165, 1.54) is 6.42 Å². The molecule has 2 atom stereocenters. The van der Waals surface area contributed by atoms with E-state index in [1.807, 2.05) is 12.1 Å². The zero-order valence-corrected chi connectivity index (χ0v) is 17.9. The quantitative estimate of drug-likeness (QED) is 0.331. The molecule has 164 valence electrons. The Morgan fingerprint density at radius 1 is 1.28 bits per heavy atom. The number of aliphatic imine (C=N–C) groups is 1. The van der Waals surface area contributed by atoms with Crippen LogP contribution in [0.1, 0.15) is 44.8 Å². The van der Waals surface area contributed by atoms with E-state index >= 15 is 0 Å². The van der Waals surface area contributed by atoms with Crippen molar-refractivity contribution in [2.45, 2.75) is 51.6 Å². The van der Waals surface area contributed by atoms with Crippen molar-refractivity contribution in [3.63, 3.8) is 0 Å². The number of hydrogen-bond acceptors (Lipinski definition) is 5. The van der Waals surface area contributed by atoms with Gasteiger partial charge in [-0.2, -0.15) is 0 Å². The lowest BCUT2D eigenvalue weighted by Gasteiger charge is -2.37. The lowest BCUT2D eigenvalue weighted by atomic mass is 9.73. The standard InChI is InChI=1S/C22H38N4O3/c1-22(9-3-2-7-20(22)27)18-25-21(24-11-8-19-6-4-15-29-19)23-10-5-12-26-13-16-28-17-14-26/h4,6,15,20,27H,2-3,5,7-14,16-18H2,1H3,(H2,23,24,25). The van der Waals surface area contributed by atoms with Crippen LogP contribution in [0.25, 0.3) is 0 Å². The molecular formula is C22H38N4O3. The highest BCUT2D eigenvalue weighted by atomic mass is 16.5. The normalized spacial score (nSPS) is 26.4. The minimum atomic E-state index is -0.259. The fourth-order valence-electron chi connectivity index (χ4n) is 4.09. The van der Waals surface area contributed by atoms with Crippen LogP contribution in [-0.4, -0.2) is 74.6 Å². The molecule has 0 amide bonds. The van der Waals surface area contributed by atoms with Crippen molar-refractivity contribution in [2.24, 2.45) is 10.4 Å². The predicted octanol–water partition coefficient (Wildman–Crippen LogP) is 2.02. The van der Waals surface area contributed by atoms with Gasteiger partial charge in [-0.3, -0.25) is 9.89 Å². The SMILES string of the molecule is CC1(CN=C(NCCCN2CCOCC2)NCCc2ccco2)CCCCC1O. The Morgan fingerprint density at radius 3 is 2.86 bits per heavy atom. The van der Waals surface area contributed by atoms with Crippen LogP contribution in [-0.2, 0) is 11.2 Å². The van der Waals surface area contributed by atoms with E-state index < -0.39 is 0 Å². The van der Waals surface area contributed by atoms with E-state index in [1.54, 1.807) is 6.26 Å². The molecule has 7 nitrogen and oxygen atoms in total. The molecule has 1 aliphatic carbocycles. The molecule has 2 aliphatic rings. The first kappa shape index (κ1) is 22.1. The van der Waals surface area contributed by atoms with Gasteiger partial charge in [-0.25, -0.2) is 0 Å². The summed E-state index contributed by atoms with van der Waals surface area (Å²) >= 11 is 0. The fraction of sp³-hybridized carbons (Fsp3) is 0.773. The highest BCUT2D eigenvalue weighted by Gasteiger charge is 2.35. The first-order valence-electron chi connectivity index (χ1n) is 11.2. The molecule has 3 N–H and O–H groups in total. The number of aliphatic hydroxyl groups excluding tert-OH is 1. The van der Waals surface area contributed by atoms with Crippen molar-refractivity contribution in [3.8, 4) is 0 Å². The van der Waals surface area contributed by atoms with Gasteiger partial charge in [0.05, 0.1) is 32.1 Å². The summed E-state index contributed by atoms with van der Waals surface area (Å²) in [4.78, 5) is 7.29. The van der Waals surface area contributed by atoms with E-state index in [-0.39, 0.29) is 11.5 Å². The minimum Gasteiger partial charge on any atom is -0.469 e. The average Bonchev–Trinajstić information content (AvgIpc) is 3.25. The van der Waals surface area contributed by atoms with Gasteiger partial charge in [-0.15, -0.1) is 0 Å². The zero-order valence-electron chi connectivity index (χ0n) is 17.9. The summed E-state index contributed by atoms with van der Waals surface area (Å²) in [7, 11) is 0. The van der Waals surface area contributed by atoms with Crippen LogP contribution >= 0.6 is 0 Å². The number of aliphatic hydroxyl groups is 1. The Labute approximate surface area is 174 Å². The minimum absolute atomic E-state index is 0.123.